The molecule has 1 fully saturated rings. The number of benzene rings is 2. The second-order valence-corrected chi connectivity index (χ2v) is 8.94. The molecule has 1 atom stereocenters. The maximum absolute atomic E-state index is 13.4. The van der Waals surface area contributed by atoms with Gasteiger partial charge in [0.1, 0.15) is 11.5 Å². The number of carbonyl (C=O) groups is 1. The molecular weight excluding hydrogens is 402 g/mol. The molecule has 2 aliphatic heterocycles. The molecule has 2 heterocycles. The quantitative estimate of drug-likeness (QED) is 0.674. The van der Waals surface area contributed by atoms with Gasteiger partial charge >= 0.3 is 0 Å². The Morgan fingerprint density at radius 1 is 1.06 bits per heavy atom. The Hall–Kier alpha value is -2.86. The summed E-state index contributed by atoms with van der Waals surface area (Å²) in [7, 11) is 3.29. The van der Waals surface area contributed by atoms with Crippen molar-refractivity contribution in [3.63, 3.8) is 0 Å². The van der Waals surface area contributed by atoms with E-state index in [0.29, 0.717) is 18.7 Å². The highest BCUT2D eigenvalue weighted by Gasteiger charge is 2.35. The first-order chi connectivity index (χ1) is 15.5. The lowest BCUT2D eigenvalue weighted by Crippen LogP contribution is -2.41. The van der Waals surface area contributed by atoms with E-state index >= 15 is 0 Å². The summed E-state index contributed by atoms with van der Waals surface area (Å²) in [5, 5.41) is 6.51. The summed E-state index contributed by atoms with van der Waals surface area (Å²) in [6, 6.07) is 13.9. The minimum Gasteiger partial charge on any atom is -0.497 e. The van der Waals surface area contributed by atoms with E-state index in [1.54, 1.807) is 19.2 Å². The van der Waals surface area contributed by atoms with Crippen LogP contribution in [0.5, 0.6) is 11.5 Å². The van der Waals surface area contributed by atoms with Crippen molar-refractivity contribution in [2.75, 3.05) is 33.9 Å². The zero-order valence-corrected chi connectivity index (χ0v) is 19.5. The van der Waals surface area contributed by atoms with Crippen LogP contribution >= 0.6 is 0 Å². The lowest BCUT2D eigenvalue weighted by atomic mass is 9.97. The molecule has 4 rings (SSSR count). The van der Waals surface area contributed by atoms with Gasteiger partial charge in [-0.25, -0.2) is 5.01 Å². The summed E-state index contributed by atoms with van der Waals surface area (Å²) in [5.74, 6) is 2.20. The monoisotopic (exact) mass is 435 g/mol. The third kappa shape index (κ3) is 4.80. The predicted octanol–water partition coefficient (Wildman–Crippen LogP) is 4.42. The molecule has 0 aliphatic carbocycles. The van der Waals surface area contributed by atoms with Crippen LogP contribution in [-0.2, 0) is 4.79 Å². The van der Waals surface area contributed by atoms with Crippen molar-refractivity contribution in [1.82, 2.24) is 9.91 Å². The van der Waals surface area contributed by atoms with E-state index in [2.05, 4.69) is 43.0 Å². The first kappa shape index (κ1) is 22.3. The van der Waals surface area contributed by atoms with Gasteiger partial charge in [-0.2, -0.15) is 5.10 Å². The predicted molar refractivity (Wildman–Crippen MR) is 126 cm³/mol. The molecule has 1 saturated heterocycles. The molecule has 170 valence electrons. The molecule has 0 spiro atoms. The number of aryl methyl sites for hydroxylation is 1. The second kappa shape index (κ2) is 9.74. The zero-order valence-electron chi connectivity index (χ0n) is 19.5. The van der Waals surface area contributed by atoms with Gasteiger partial charge in [0.2, 0.25) is 0 Å². The molecule has 32 heavy (non-hydrogen) atoms. The Bertz CT molecular complexity index is 978. The SMILES string of the molecule is COc1ccc(C2CC(c3ccc(C)cc3)=NN2C(=O)CN2CCC(C)CC2)c(OC)c1. The Morgan fingerprint density at radius 2 is 1.78 bits per heavy atom. The van der Waals surface area contributed by atoms with E-state index in [-0.39, 0.29) is 11.9 Å². The maximum atomic E-state index is 13.4. The van der Waals surface area contributed by atoms with Crippen molar-refractivity contribution in [1.29, 1.82) is 0 Å². The summed E-state index contributed by atoms with van der Waals surface area (Å²) in [4.78, 5) is 15.7. The molecule has 0 bridgehead atoms. The summed E-state index contributed by atoms with van der Waals surface area (Å²) in [6.45, 7) is 6.67. The van der Waals surface area contributed by atoms with Crippen LogP contribution in [0.1, 0.15) is 48.9 Å². The minimum atomic E-state index is -0.205. The molecule has 0 saturated carbocycles. The fourth-order valence-electron chi connectivity index (χ4n) is 4.48. The second-order valence-electron chi connectivity index (χ2n) is 8.94. The van der Waals surface area contributed by atoms with Crippen LogP contribution < -0.4 is 9.47 Å². The Kier molecular flexibility index (Phi) is 6.80. The number of carbonyl (C=O) groups excluding carboxylic acids is 1. The number of hydrogen-bond acceptors (Lipinski definition) is 5. The van der Waals surface area contributed by atoms with Crippen molar-refractivity contribution in [3.05, 3.63) is 59.2 Å². The standard InChI is InChI=1S/C26H33N3O3/c1-18-5-7-20(8-6-18)23-16-24(22-10-9-21(31-3)15-25(22)32-4)29(27-23)26(30)17-28-13-11-19(2)12-14-28/h5-10,15,19,24H,11-14,16-17H2,1-4H3. The fraction of sp³-hybridized carbons (Fsp3) is 0.462. The van der Waals surface area contributed by atoms with E-state index < -0.39 is 0 Å². The lowest BCUT2D eigenvalue weighted by Gasteiger charge is -2.31. The number of amides is 1. The van der Waals surface area contributed by atoms with E-state index in [0.717, 1.165) is 54.4 Å². The number of nitrogens with zero attached hydrogens (tertiary/aromatic N) is 3. The molecule has 6 heteroatoms. The highest BCUT2D eigenvalue weighted by Crippen LogP contribution is 2.39. The largest absolute Gasteiger partial charge is 0.497 e. The summed E-state index contributed by atoms with van der Waals surface area (Å²) in [6.07, 6.45) is 2.93. The molecule has 1 amide bonds. The van der Waals surface area contributed by atoms with Gasteiger partial charge in [-0.1, -0.05) is 36.8 Å². The smallest absolute Gasteiger partial charge is 0.257 e. The average Bonchev–Trinajstić information content (AvgIpc) is 3.26. The topological polar surface area (TPSA) is 54.4 Å². The molecule has 1 unspecified atom stereocenters. The highest BCUT2D eigenvalue weighted by atomic mass is 16.5. The van der Waals surface area contributed by atoms with Crippen molar-refractivity contribution >= 4 is 11.6 Å². The van der Waals surface area contributed by atoms with Gasteiger partial charge in [-0.3, -0.25) is 9.69 Å². The molecule has 2 aromatic carbocycles. The Balaban J connectivity index is 1.63. The number of rotatable bonds is 6. The molecular formula is C26H33N3O3. The summed E-state index contributed by atoms with van der Waals surface area (Å²) < 4.78 is 11.0. The molecule has 0 radical (unpaired) electrons. The minimum absolute atomic E-state index is 0.0320. The van der Waals surface area contributed by atoms with Gasteiger partial charge in [0, 0.05) is 18.1 Å². The highest BCUT2D eigenvalue weighted by molar-refractivity contribution is 6.03. The number of likely N-dealkylation sites (tertiary alicyclic amines) is 1. The first-order valence-electron chi connectivity index (χ1n) is 11.4. The number of piperidine rings is 1. The van der Waals surface area contributed by atoms with Gasteiger partial charge in [0.15, 0.2) is 0 Å². The van der Waals surface area contributed by atoms with Crippen LogP contribution in [0.2, 0.25) is 0 Å². The Labute approximate surface area is 190 Å². The Morgan fingerprint density at radius 3 is 2.44 bits per heavy atom. The van der Waals surface area contributed by atoms with Crippen LogP contribution in [0.15, 0.2) is 47.6 Å². The molecule has 0 aromatic heterocycles. The van der Waals surface area contributed by atoms with Gasteiger partial charge < -0.3 is 9.47 Å². The lowest BCUT2D eigenvalue weighted by molar-refractivity contribution is -0.134. The van der Waals surface area contributed by atoms with Gasteiger partial charge in [0.05, 0.1) is 32.5 Å². The normalized spacial score (nSPS) is 19.7. The number of ether oxygens (including phenoxy) is 2. The number of methoxy groups -OCH3 is 2. The maximum Gasteiger partial charge on any atom is 0.257 e. The van der Waals surface area contributed by atoms with Crippen LogP contribution in [-0.4, -0.2) is 55.4 Å². The van der Waals surface area contributed by atoms with E-state index in [4.69, 9.17) is 14.6 Å². The van der Waals surface area contributed by atoms with E-state index in [9.17, 15) is 4.79 Å². The number of hydrazone groups is 1. The van der Waals surface area contributed by atoms with Crippen molar-refractivity contribution in [2.45, 2.75) is 39.2 Å². The summed E-state index contributed by atoms with van der Waals surface area (Å²) >= 11 is 0. The van der Waals surface area contributed by atoms with Gasteiger partial charge in [-0.15, -0.1) is 0 Å². The van der Waals surface area contributed by atoms with Crippen molar-refractivity contribution in [2.24, 2.45) is 11.0 Å². The van der Waals surface area contributed by atoms with Gasteiger partial charge in [0.25, 0.3) is 5.91 Å². The van der Waals surface area contributed by atoms with Gasteiger partial charge in [-0.05, 0) is 56.5 Å². The molecule has 2 aliphatic rings. The molecule has 2 aromatic rings. The van der Waals surface area contributed by atoms with E-state index in [1.807, 2.05) is 18.2 Å². The van der Waals surface area contributed by atoms with Crippen molar-refractivity contribution < 1.29 is 14.3 Å². The third-order valence-electron chi connectivity index (χ3n) is 6.59. The first-order valence-corrected chi connectivity index (χ1v) is 11.4. The molecule has 0 N–H and O–H groups in total. The van der Waals surface area contributed by atoms with Crippen LogP contribution in [0.4, 0.5) is 0 Å². The van der Waals surface area contributed by atoms with E-state index in [1.165, 1.54) is 5.56 Å². The van der Waals surface area contributed by atoms with Crippen LogP contribution in [0.3, 0.4) is 0 Å². The average molecular weight is 436 g/mol. The zero-order chi connectivity index (χ0) is 22.7. The third-order valence-corrected chi connectivity index (χ3v) is 6.59. The molecule has 6 nitrogen and oxygen atoms in total. The van der Waals surface area contributed by atoms with Crippen LogP contribution in [0, 0.1) is 12.8 Å². The summed E-state index contributed by atoms with van der Waals surface area (Å²) in [5.41, 5.74) is 4.12. The fourth-order valence-corrected chi connectivity index (χ4v) is 4.48. The van der Waals surface area contributed by atoms with Crippen molar-refractivity contribution in [3.8, 4) is 11.5 Å². The number of hydrogen-bond donors (Lipinski definition) is 0. The van der Waals surface area contributed by atoms with Crippen LogP contribution in [0.25, 0.3) is 0 Å².